The van der Waals surface area contributed by atoms with E-state index in [2.05, 4.69) is 64.7 Å². The molecule has 0 bridgehead atoms. The highest BCUT2D eigenvalue weighted by Crippen LogP contribution is 2.40. The standard InChI is InChI=1S/C26H34FNO/c1-25(2,3)22-15-18(16-23(24(22)29)26(4,5)6)17-28-13-11-20(12-14-28)19-7-9-21(27)10-8-19/h7-11,15-16,29H,12-14,17H2,1-6H3. The Kier molecular flexibility index (Phi) is 5.91. The Labute approximate surface area is 175 Å². The number of benzene rings is 2. The molecule has 2 aromatic rings. The molecule has 3 rings (SSSR count). The molecule has 0 aromatic heterocycles. The summed E-state index contributed by atoms with van der Waals surface area (Å²) in [6.45, 7) is 15.6. The molecular formula is C26H34FNO. The van der Waals surface area contributed by atoms with Gasteiger partial charge in [-0.15, -0.1) is 0 Å². The van der Waals surface area contributed by atoms with Gasteiger partial charge in [0.2, 0.25) is 0 Å². The smallest absolute Gasteiger partial charge is 0.123 e. The summed E-state index contributed by atoms with van der Waals surface area (Å²) in [5.41, 5.74) is 5.45. The predicted molar refractivity (Wildman–Crippen MR) is 120 cm³/mol. The van der Waals surface area contributed by atoms with Crippen molar-refractivity contribution >= 4 is 5.57 Å². The summed E-state index contributed by atoms with van der Waals surface area (Å²) in [6.07, 6.45) is 3.22. The first kappa shape index (κ1) is 21.6. The summed E-state index contributed by atoms with van der Waals surface area (Å²) >= 11 is 0. The average molecular weight is 396 g/mol. The molecule has 0 saturated heterocycles. The SMILES string of the molecule is CC(C)(C)c1cc(CN2CC=C(c3ccc(F)cc3)CC2)cc(C(C)(C)C)c1O. The number of hydrogen-bond donors (Lipinski definition) is 1. The van der Waals surface area contributed by atoms with Gasteiger partial charge in [-0.25, -0.2) is 4.39 Å². The third-order valence-corrected chi connectivity index (χ3v) is 5.70. The topological polar surface area (TPSA) is 23.5 Å². The maximum atomic E-state index is 13.2. The summed E-state index contributed by atoms with van der Waals surface area (Å²) < 4.78 is 13.2. The van der Waals surface area contributed by atoms with E-state index >= 15 is 0 Å². The van der Waals surface area contributed by atoms with Gasteiger partial charge in [0, 0.05) is 19.6 Å². The molecular weight excluding hydrogens is 361 g/mol. The molecule has 0 radical (unpaired) electrons. The van der Waals surface area contributed by atoms with Crippen LogP contribution in [0.1, 0.15) is 70.2 Å². The van der Waals surface area contributed by atoms with Crippen LogP contribution in [0.3, 0.4) is 0 Å². The third kappa shape index (κ3) is 5.08. The fourth-order valence-electron chi connectivity index (χ4n) is 3.97. The van der Waals surface area contributed by atoms with E-state index in [1.165, 1.54) is 23.3 Å². The van der Waals surface area contributed by atoms with Gasteiger partial charge >= 0.3 is 0 Å². The number of nitrogens with zero attached hydrogens (tertiary/aromatic N) is 1. The highest BCUT2D eigenvalue weighted by atomic mass is 19.1. The van der Waals surface area contributed by atoms with Gasteiger partial charge in [-0.3, -0.25) is 4.90 Å². The van der Waals surface area contributed by atoms with Crippen LogP contribution >= 0.6 is 0 Å². The quantitative estimate of drug-likeness (QED) is 0.648. The minimum atomic E-state index is -0.191. The zero-order valence-corrected chi connectivity index (χ0v) is 18.6. The van der Waals surface area contributed by atoms with Crippen LogP contribution < -0.4 is 0 Å². The second kappa shape index (κ2) is 7.95. The summed E-state index contributed by atoms with van der Waals surface area (Å²) in [7, 11) is 0. The van der Waals surface area contributed by atoms with Gasteiger partial charge in [0.1, 0.15) is 11.6 Å². The van der Waals surface area contributed by atoms with Gasteiger partial charge in [0.15, 0.2) is 0 Å². The Bertz CT molecular complexity index is 863. The number of halogens is 1. The van der Waals surface area contributed by atoms with Crippen molar-refractivity contribution in [1.82, 2.24) is 4.90 Å². The molecule has 156 valence electrons. The van der Waals surface area contributed by atoms with Gasteiger partial charge in [-0.2, -0.15) is 0 Å². The van der Waals surface area contributed by atoms with E-state index in [1.54, 1.807) is 0 Å². The van der Waals surface area contributed by atoms with E-state index in [9.17, 15) is 9.50 Å². The number of phenolic OH excluding ortho intramolecular Hbond substituents is 1. The third-order valence-electron chi connectivity index (χ3n) is 5.70. The normalized spacial score (nSPS) is 16.0. The molecule has 1 N–H and O–H groups in total. The van der Waals surface area contributed by atoms with Crippen molar-refractivity contribution in [3.05, 3.63) is 70.5 Å². The Hall–Kier alpha value is -2.13. The van der Waals surface area contributed by atoms with Crippen molar-refractivity contribution in [2.45, 2.75) is 65.3 Å². The van der Waals surface area contributed by atoms with E-state index in [1.807, 2.05) is 12.1 Å². The van der Waals surface area contributed by atoms with Gasteiger partial charge in [-0.05, 0) is 57.2 Å². The van der Waals surface area contributed by atoms with Crippen LogP contribution in [0.25, 0.3) is 5.57 Å². The predicted octanol–water partition coefficient (Wildman–Crippen LogP) is 6.42. The van der Waals surface area contributed by atoms with Crippen molar-refractivity contribution in [3.63, 3.8) is 0 Å². The molecule has 0 unspecified atom stereocenters. The first-order chi connectivity index (χ1) is 13.4. The molecule has 2 nitrogen and oxygen atoms in total. The highest BCUT2D eigenvalue weighted by molar-refractivity contribution is 5.66. The van der Waals surface area contributed by atoms with Crippen LogP contribution in [0.2, 0.25) is 0 Å². The van der Waals surface area contributed by atoms with Crippen LogP contribution in [0.15, 0.2) is 42.5 Å². The highest BCUT2D eigenvalue weighted by Gasteiger charge is 2.27. The summed E-state index contributed by atoms with van der Waals surface area (Å²) in [4.78, 5) is 2.43. The van der Waals surface area contributed by atoms with E-state index in [-0.39, 0.29) is 16.6 Å². The minimum absolute atomic E-state index is 0.113. The van der Waals surface area contributed by atoms with Crippen molar-refractivity contribution < 1.29 is 9.50 Å². The molecule has 0 saturated carbocycles. The molecule has 3 heteroatoms. The van der Waals surface area contributed by atoms with E-state index in [4.69, 9.17) is 0 Å². The molecule has 1 heterocycles. The van der Waals surface area contributed by atoms with Gasteiger partial charge < -0.3 is 5.11 Å². The molecule has 1 aliphatic rings. The van der Waals surface area contributed by atoms with Gasteiger partial charge in [0.05, 0.1) is 0 Å². The molecule has 0 atom stereocenters. The average Bonchev–Trinajstić information content (AvgIpc) is 2.62. The fraction of sp³-hybridized carbons (Fsp3) is 0.462. The fourth-order valence-corrected chi connectivity index (χ4v) is 3.97. The first-order valence-corrected chi connectivity index (χ1v) is 10.5. The van der Waals surface area contributed by atoms with E-state index in [0.29, 0.717) is 5.75 Å². The summed E-state index contributed by atoms with van der Waals surface area (Å²) in [6, 6.07) is 11.1. The van der Waals surface area contributed by atoms with E-state index < -0.39 is 0 Å². The summed E-state index contributed by atoms with van der Waals surface area (Å²) in [5.74, 6) is 0.245. The molecule has 2 aromatic carbocycles. The van der Waals surface area contributed by atoms with Crippen molar-refractivity contribution in [3.8, 4) is 5.75 Å². The lowest BCUT2D eigenvalue weighted by molar-refractivity contribution is 0.293. The van der Waals surface area contributed by atoms with Crippen LogP contribution in [0.5, 0.6) is 5.75 Å². The maximum Gasteiger partial charge on any atom is 0.123 e. The Balaban J connectivity index is 1.83. The number of phenols is 1. The van der Waals surface area contributed by atoms with Gasteiger partial charge in [0.25, 0.3) is 0 Å². The molecule has 29 heavy (non-hydrogen) atoms. The second-order valence-electron chi connectivity index (χ2n) is 10.3. The maximum absolute atomic E-state index is 13.2. The minimum Gasteiger partial charge on any atom is -0.507 e. The zero-order chi connectivity index (χ0) is 21.4. The lowest BCUT2D eigenvalue weighted by Crippen LogP contribution is -2.28. The van der Waals surface area contributed by atoms with Crippen LogP contribution in [0, 0.1) is 5.82 Å². The lowest BCUT2D eigenvalue weighted by atomic mass is 9.78. The molecule has 0 amide bonds. The number of rotatable bonds is 3. The number of hydrogen-bond acceptors (Lipinski definition) is 2. The van der Waals surface area contributed by atoms with Crippen molar-refractivity contribution in [2.24, 2.45) is 0 Å². The second-order valence-corrected chi connectivity index (χ2v) is 10.3. The van der Waals surface area contributed by atoms with Crippen LogP contribution in [-0.2, 0) is 17.4 Å². The zero-order valence-electron chi connectivity index (χ0n) is 18.6. The van der Waals surface area contributed by atoms with Gasteiger partial charge in [-0.1, -0.05) is 71.9 Å². The Morgan fingerprint density at radius 1 is 0.931 bits per heavy atom. The first-order valence-electron chi connectivity index (χ1n) is 10.5. The monoisotopic (exact) mass is 395 g/mol. The molecule has 0 fully saturated rings. The molecule has 0 spiro atoms. The Morgan fingerprint density at radius 3 is 1.93 bits per heavy atom. The largest absolute Gasteiger partial charge is 0.507 e. The summed E-state index contributed by atoms with van der Waals surface area (Å²) in [5, 5.41) is 10.9. The van der Waals surface area contributed by atoms with E-state index in [0.717, 1.165) is 42.7 Å². The van der Waals surface area contributed by atoms with Crippen molar-refractivity contribution in [1.29, 1.82) is 0 Å². The van der Waals surface area contributed by atoms with Crippen LogP contribution in [0.4, 0.5) is 4.39 Å². The number of aromatic hydroxyl groups is 1. The Morgan fingerprint density at radius 2 is 1.48 bits per heavy atom. The van der Waals surface area contributed by atoms with Crippen LogP contribution in [-0.4, -0.2) is 23.1 Å². The van der Waals surface area contributed by atoms with Crippen molar-refractivity contribution in [2.75, 3.05) is 13.1 Å². The molecule has 0 aliphatic carbocycles. The lowest BCUT2D eigenvalue weighted by Gasteiger charge is -2.30. The molecule has 1 aliphatic heterocycles.